The van der Waals surface area contributed by atoms with Gasteiger partial charge in [-0.05, 0) is 12.8 Å². The number of sulfone groups is 1. The first kappa shape index (κ1) is 22.9. The molecule has 0 aliphatic rings. The predicted molar refractivity (Wildman–Crippen MR) is 99.4 cm³/mol. The van der Waals surface area contributed by atoms with Crippen molar-refractivity contribution >= 4 is 39.8 Å². The van der Waals surface area contributed by atoms with Gasteiger partial charge in [0.15, 0.2) is 5.96 Å². The molecular formula is C13H28IN3O3S. The quantitative estimate of drug-likeness (QED) is 0.184. The number of ether oxygens (including phenoxy) is 1. The maximum atomic E-state index is 10.9. The summed E-state index contributed by atoms with van der Waals surface area (Å²) >= 11 is 0. The molecule has 0 aliphatic heterocycles. The van der Waals surface area contributed by atoms with E-state index in [2.05, 4.69) is 16.9 Å². The number of nitrogens with zero attached hydrogens (tertiary/aromatic N) is 2. The summed E-state index contributed by atoms with van der Waals surface area (Å²) in [5, 5.41) is 3.17. The summed E-state index contributed by atoms with van der Waals surface area (Å²) in [4.78, 5) is 6.22. The maximum Gasteiger partial charge on any atom is 0.193 e. The van der Waals surface area contributed by atoms with E-state index in [4.69, 9.17) is 4.74 Å². The predicted octanol–water partition coefficient (Wildman–Crippen LogP) is 1.14. The van der Waals surface area contributed by atoms with E-state index in [0.717, 1.165) is 25.3 Å². The van der Waals surface area contributed by atoms with Crippen LogP contribution < -0.4 is 5.32 Å². The second-order valence-electron chi connectivity index (χ2n) is 4.57. The highest BCUT2D eigenvalue weighted by molar-refractivity contribution is 14.0. The average Bonchev–Trinajstić information content (AvgIpc) is 2.37. The molecule has 0 unspecified atom stereocenters. The minimum Gasteiger partial charge on any atom is -0.379 e. The SMILES string of the molecule is C=CCCCN(C)C(=NC)NCCOCCS(C)(=O)=O.I. The molecule has 0 saturated heterocycles. The molecule has 0 aromatic rings. The minimum absolute atomic E-state index is 0. The van der Waals surface area contributed by atoms with Gasteiger partial charge in [0.2, 0.25) is 0 Å². The minimum atomic E-state index is -2.94. The number of hydrogen-bond donors (Lipinski definition) is 1. The lowest BCUT2D eigenvalue weighted by Crippen LogP contribution is -2.40. The fourth-order valence-electron chi connectivity index (χ4n) is 1.51. The van der Waals surface area contributed by atoms with Gasteiger partial charge < -0.3 is 15.0 Å². The summed E-state index contributed by atoms with van der Waals surface area (Å²) in [6, 6.07) is 0. The van der Waals surface area contributed by atoms with Crippen molar-refractivity contribution in [1.82, 2.24) is 10.2 Å². The molecule has 0 amide bonds. The lowest BCUT2D eigenvalue weighted by molar-refractivity contribution is 0.153. The Balaban J connectivity index is 0. The van der Waals surface area contributed by atoms with E-state index in [0.29, 0.717) is 13.2 Å². The van der Waals surface area contributed by atoms with Crippen LogP contribution in [0.25, 0.3) is 0 Å². The molecule has 8 heteroatoms. The summed E-state index contributed by atoms with van der Waals surface area (Å²) in [5.74, 6) is 0.865. The summed E-state index contributed by atoms with van der Waals surface area (Å²) in [6.45, 7) is 5.88. The fourth-order valence-corrected chi connectivity index (χ4v) is 1.93. The summed E-state index contributed by atoms with van der Waals surface area (Å²) in [7, 11) is 0.764. The highest BCUT2D eigenvalue weighted by atomic mass is 127. The van der Waals surface area contributed by atoms with Crippen LogP contribution in [0.1, 0.15) is 12.8 Å². The Labute approximate surface area is 146 Å². The number of nitrogens with one attached hydrogen (secondary N) is 1. The maximum absolute atomic E-state index is 10.9. The number of aliphatic imine (C=N–C) groups is 1. The van der Waals surface area contributed by atoms with Gasteiger partial charge in [-0.1, -0.05) is 6.08 Å². The standard InChI is InChI=1S/C13H27N3O3S.HI/c1-5-6-7-9-16(3)13(14-2)15-8-10-19-11-12-20(4,17)18;/h5H,1,6-12H2,2-4H3,(H,14,15);1H. The van der Waals surface area contributed by atoms with Crippen molar-refractivity contribution in [2.75, 3.05) is 52.4 Å². The van der Waals surface area contributed by atoms with Gasteiger partial charge in [0.05, 0.1) is 19.0 Å². The van der Waals surface area contributed by atoms with Crippen molar-refractivity contribution in [3.05, 3.63) is 12.7 Å². The molecule has 1 N–H and O–H groups in total. The van der Waals surface area contributed by atoms with Crippen LogP contribution in [0, 0.1) is 0 Å². The summed E-state index contributed by atoms with van der Waals surface area (Å²) in [6.07, 6.45) is 5.12. The highest BCUT2D eigenvalue weighted by Gasteiger charge is 2.05. The van der Waals surface area contributed by atoms with E-state index < -0.39 is 9.84 Å². The number of hydrogen-bond acceptors (Lipinski definition) is 4. The van der Waals surface area contributed by atoms with E-state index in [1.54, 1.807) is 7.05 Å². The average molecular weight is 433 g/mol. The van der Waals surface area contributed by atoms with Gasteiger partial charge >= 0.3 is 0 Å². The van der Waals surface area contributed by atoms with Crippen LogP contribution in [0.2, 0.25) is 0 Å². The van der Waals surface area contributed by atoms with Gasteiger partial charge in [-0.15, -0.1) is 30.6 Å². The molecule has 0 aromatic heterocycles. The van der Waals surface area contributed by atoms with Crippen LogP contribution in [0.4, 0.5) is 0 Å². The molecule has 0 aliphatic carbocycles. The number of rotatable bonds is 10. The Morgan fingerprint density at radius 1 is 1.43 bits per heavy atom. The summed E-state index contributed by atoms with van der Waals surface area (Å²) in [5.41, 5.74) is 0. The molecule has 0 bridgehead atoms. The van der Waals surface area contributed by atoms with Gasteiger partial charge in [0.25, 0.3) is 0 Å². The third-order valence-electron chi connectivity index (χ3n) is 2.60. The molecule has 0 fully saturated rings. The molecule has 21 heavy (non-hydrogen) atoms. The number of halogens is 1. The van der Waals surface area contributed by atoms with Crippen LogP contribution in [-0.4, -0.2) is 71.7 Å². The van der Waals surface area contributed by atoms with E-state index in [9.17, 15) is 8.42 Å². The normalized spacial score (nSPS) is 11.7. The van der Waals surface area contributed by atoms with Gasteiger partial charge in [0, 0.05) is 33.4 Å². The second kappa shape index (κ2) is 13.3. The zero-order valence-corrected chi connectivity index (χ0v) is 16.3. The first-order valence-corrected chi connectivity index (χ1v) is 8.75. The van der Waals surface area contributed by atoms with Crippen molar-refractivity contribution in [1.29, 1.82) is 0 Å². The van der Waals surface area contributed by atoms with E-state index >= 15 is 0 Å². The highest BCUT2D eigenvalue weighted by Crippen LogP contribution is 1.94. The molecule has 0 spiro atoms. The van der Waals surface area contributed by atoms with E-state index in [-0.39, 0.29) is 36.3 Å². The van der Waals surface area contributed by atoms with E-state index in [1.807, 2.05) is 18.0 Å². The van der Waals surface area contributed by atoms with Crippen LogP contribution in [0.15, 0.2) is 17.6 Å². The van der Waals surface area contributed by atoms with Gasteiger partial charge in [-0.25, -0.2) is 8.42 Å². The first-order chi connectivity index (χ1) is 9.40. The Bertz CT molecular complexity index is 399. The molecule has 0 radical (unpaired) electrons. The van der Waals surface area contributed by atoms with Crippen molar-refractivity contribution in [2.45, 2.75) is 12.8 Å². The van der Waals surface area contributed by atoms with Crippen LogP contribution >= 0.6 is 24.0 Å². The Hall–Kier alpha value is -0.350. The molecule has 0 heterocycles. The molecule has 6 nitrogen and oxygen atoms in total. The number of guanidine groups is 1. The van der Waals surface area contributed by atoms with Gasteiger partial charge in [-0.3, -0.25) is 4.99 Å². The number of unbranched alkanes of at least 4 members (excludes halogenated alkanes) is 1. The molecule has 126 valence electrons. The Kier molecular flexibility index (Phi) is 14.5. The van der Waals surface area contributed by atoms with Gasteiger partial charge in [0.1, 0.15) is 9.84 Å². The zero-order chi connectivity index (χ0) is 15.4. The Morgan fingerprint density at radius 3 is 2.62 bits per heavy atom. The van der Waals surface area contributed by atoms with Crippen LogP contribution in [0.5, 0.6) is 0 Å². The molecule has 0 saturated carbocycles. The largest absolute Gasteiger partial charge is 0.379 e. The van der Waals surface area contributed by atoms with Crippen molar-refractivity contribution in [3.8, 4) is 0 Å². The monoisotopic (exact) mass is 433 g/mol. The van der Waals surface area contributed by atoms with Crippen molar-refractivity contribution in [3.63, 3.8) is 0 Å². The van der Waals surface area contributed by atoms with Crippen LogP contribution in [-0.2, 0) is 14.6 Å². The number of allylic oxidation sites excluding steroid dienone is 1. The lowest BCUT2D eigenvalue weighted by atomic mass is 10.3. The molecular weight excluding hydrogens is 405 g/mol. The van der Waals surface area contributed by atoms with Gasteiger partial charge in [-0.2, -0.15) is 0 Å². The summed E-state index contributed by atoms with van der Waals surface area (Å²) < 4.78 is 27.1. The topological polar surface area (TPSA) is 71.0 Å². The van der Waals surface area contributed by atoms with Crippen molar-refractivity contribution in [2.24, 2.45) is 4.99 Å². The zero-order valence-electron chi connectivity index (χ0n) is 13.2. The first-order valence-electron chi connectivity index (χ1n) is 6.69. The Morgan fingerprint density at radius 2 is 2.10 bits per heavy atom. The van der Waals surface area contributed by atoms with Crippen LogP contribution in [0.3, 0.4) is 0 Å². The molecule has 0 aromatic carbocycles. The molecule has 0 atom stereocenters. The molecule has 0 rings (SSSR count). The third-order valence-corrected chi connectivity index (χ3v) is 3.51. The van der Waals surface area contributed by atoms with E-state index in [1.165, 1.54) is 6.26 Å². The smallest absolute Gasteiger partial charge is 0.193 e. The second-order valence-corrected chi connectivity index (χ2v) is 6.83. The lowest BCUT2D eigenvalue weighted by Gasteiger charge is -2.21. The third kappa shape index (κ3) is 14.4. The fraction of sp³-hybridized carbons (Fsp3) is 0.769. The van der Waals surface area contributed by atoms with Crippen molar-refractivity contribution < 1.29 is 13.2 Å².